The van der Waals surface area contributed by atoms with Crippen LogP contribution < -0.4 is 5.32 Å². The molecule has 1 aliphatic carbocycles. The first kappa shape index (κ1) is 12.5. The molecule has 1 fully saturated rings. The zero-order chi connectivity index (χ0) is 12.3. The molecule has 0 aliphatic heterocycles. The van der Waals surface area contributed by atoms with E-state index in [2.05, 4.69) is 5.32 Å². The zero-order valence-corrected chi connectivity index (χ0v) is 9.57. The van der Waals surface area contributed by atoms with Gasteiger partial charge in [0.25, 0.3) is 0 Å². The summed E-state index contributed by atoms with van der Waals surface area (Å²) in [5.41, 5.74) is 1.04. The van der Waals surface area contributed by atoms with E-state index in [1.165, 1.54) is 0 Å². The fourth-order valence-corrected chi connectivity index (χ4v) is 2.17. The Morgan fingerprint density at radius 1 is 1.29 bits per heavy atom. The molecule has 94 valence electrons. The fraction of sp³-hybridized carbons (Fsp3) is 0.538. The maximum Gasteiger partial charge on any atom is 0.249 e. The first-order chi connectivity index (χ1) is 8.07. The summed E-state index contributed by atoms with van der Waals surface area (Å²) >= 11 is 0. The predicted octanol–water partition coefficient (Wildman–Crippen LogP) is 2.32. The van der Waals surface area contributed by atoms with Crippen molar-refractivity contribution in [2.75, 3.05) is 0 Å². The van der Waals surface area contributed by atoms with E-state index >= 15 is 0 Å². The molecule has 0 aromatic heterocycles. The molecular formula is C13H17F2NO. The summed E-state index contributed by atoms with van der Waals surface area (Å²) in [6.07, 6.45) is -0.989. The topological polar surface area (TPSA) is 32.3 Å². The van der Waals surface area contributed by atoms with E-state index in [9.17, 15) is 13.9 Å². The molecule has 1 aromatic carbocycles. The number of aliphatic hydroxyl groups excluding tert-OH is 1. The van der Waals surface area contributed by atoms with E-state index in [0.717, 1.165) is 5.56 Å². The summed E-state index contributed by atoms with van der Waals surface area (Å²) in [5.74, 6) is -2.65. The number of halogens is 2. The van der Waals surface area contributed by atoms with Crippen LogP contribution in [0.4, 0.5) is 8.78 Å². The Hall–Kier alpha value is -1.00. The van der Waals surface area contributed by atoms with Crippen LogP contribution >= 0.6 is 0 Å². The predicted molar refractivity (Wildman–Crippen MR) is 61.9 cm³/mol. The maximum atomic E-state index is 13.2. The number of benzene rings is 1. The third-order valence-corrected chi connectivity index (χ3v) is 3.20. The van der Waals surface area contributed by atoms with E-state index in [-0.39, 0.29) is 19.3 Å². The Labute approximate surface area is 99.7 Å². The summed E-state index contributed by atoms with van der Waals surface area (Å²) in [6, 6.07) is 9.07. The summed E-state index contributed by atoms with van der Waals surface area (Å²) < 4.78 is 26.4. The minimum Gasteiger partial charge on any atom is -0.391 e. The molecule has 0 unspecified atom stereocenters. The second kappa shape index (κ2) is 5.10. The second-order valence-electron chi connectivity index (χ2n) is 4.64. The monoisotopic (exact) mass is 241 g/mol. The van der Waals surface area contributed by atoms with Gasteiger partial charge in [0, 0.05) is 25.4 Å². The van der Waals surface area contributed by atoms with Crippen molar-refractivity contribution < 1.29 is 13.9 Å². The molecule has 0 heterocycles. The van der Waals surface area contributed by atoms with Crippen molar-refractivity contribution in [1.82, 2.24) is 5.32 Å². The highest BCUT2D eigenvalue weighted by atomic mass is 19.3. The lowest BCUT2D eigenvalue weighted by molar-refractivity contribution is -0.0789. The minimum atomic E-state index is -2.65. The molecule has 1 aliphatic rings. The number of rotatable bonds is 3. The van der Waals surface area contributed by atoms with Gasteiger partial charge in [0.15, 0.2) is 0 Å². The zero-order valence-electron chi connectivity index (χ0n) is 9.57. The number of alkyl halides is 2. The number of nitrogens with one attached hydrogen (secondary N) is 1. The minimum absolute atomic E-state index is 0.166. The lowest BCUT2D eigenvalue weighted by atomic mass is 9.89. The van der Waals surface area contributed by atoms with E-state index in [4.69, 9.17) is 0 Å². The van der Waals surface area contributed by atoms with Crippen LogP contribution in [0.2, 0.25) is 0 Å². The number of hydrogen-bond donors (Lipinski definition) is 2. The van der Waals surface area contributed by atoms with Gasteiger partial charge in [0.1, 0.15) is 0 Å². The molecule has 2 nitrogen and oxygen atoms in total. The molecule has 0 spiro atoms. The summed E-state index contributed by atoms with van der Waals surface area (Å²) in [4.78, 5) is 0. The van der Waals surface area contributed by atoms with E-state index in [1.54, 1.807) is 0 Å². The van der Waals surface area contributed by atoms with Crippen LogP contribution in [0.25, 0.3) is 0 Å². The van der Waals surface area contributed by atoms with Crippen molar-refractivity contribution in [2.45, 2.75) is 43.9 Å². The maximum absolute atomic E-state index is 13.2. The van der Waals surface area contributed by atoms with Gasteiger partial charge in [0.2, 0.25) is 5.92 Å². The average molecular weight is 241 g/mol. The Kier molecular flexibility index (Phi) is 3.74. The van der Waals surface area contributed by atoms with Gasteiger partial charge in [-0.1, -0.05) is 30.3 Å². The Balaban J connectivity index is 1.89. The quantitative estimate of drug-likeness (QED) is 0.851. The van der Waals surface area contributed by atoms with Crippen molar-refractivity contribution in [3.63, 3.8) is 0 Å². The summed E-state index contributed by atoms with van der Waals surface area (Å²) in [5, 5.41) is 12.7. The second-order valence-corrected chi connectivity index (χ2v) is 4.64. The molecule has 4 heteroatoms. The Morgan fingerprint density at radius 3 is 2.71 bits per heavy atom. The largest absolute Gasteiger partial charge is 0.391 e. The SMILES string of the molecule is O[C@@H]1CCC(F)(F)C[C@H]1NCc1ccccc1. The van der Waals surface area contributed by atoms with Crippen LogP contribution in [0.15, 0.2) is 30.3 Å². The van der Waals surface area contributed by atoms with Crippen LogP contribution in [0.3, 0.4) is 0 Å². The average Bonchev–Trinajstić information content (AvgIpc) is 2.32. The molecule has 2 rings (SSSR count). The highest BCUT2D eigenvalue weighted by Gasteiger charge is 2.40. The first-order valence-corrected chi connectivity index (χ1v) is 5.90. The van der Waals surface area contributed by atoms with Crippen molar-refractivity contribution in [3.8, 4) is 0 Å². The molecular weight excluding hydrogens is 224 g/mol. The van der Waals surface area contributed by atoms with Crippen LogP contribution in [-0.2, 0) is 6.54 Å². The van der Waals surface area contributed by atoms with E-state index < -0.39 is 18.1 Å². The molecule has 0 bridgehead atoms. The summed E-state index contributed by atoms with van der Waals surface area (Å²) in [6.45, 7) is 0.513. The summed E-state index contributed by atoms with van der Waals surface area (Å²) in [7, 11) is 0. The van der Waals surface area contributed by atoms with E-state index in [1.807, 2.05) is 30.3 Å². The van der Waals surface area contributed by atoms with Gasteiger partial charge < -0.3 is 10.4 Å². The highest BCUT2D eigenvalue weighted by molar-refractivity contribution is 5.14. The number of hydrogen-bond acceptors (Lipinski definition) is 2. The molecule has 1 saturated carbocycles. The first-order valence-electron chi connectivity index (χ1n) is 5.90. The van der Waals surface area contributed by atoms with Crippen LogP contribution in [0.1, 0.15) is 24.8 Å². The molecule has 2 atom stereocenters. The molecule has 2 N–H and O–H groups in total. The van der Waals surface area contributed by atoms with Gasteiger partial charge >= 0.3 is 0 Å². The van der Waals surface area contributed by atoms with E-state index in [0.29, 0.717) is 6.54 Å². The fourth-order valence-electron chi connectivity index (χ4n) is 2.17. The lowest BCUT2D eigenvalue weighted by Crippen LogP contribution is -2.47. The van der Waals surface area contributed by atoms with Crippen molar-refractivity contribution in [3.05, 3.63) is 35.9 Å². The lowest BCUT2D eigenvalue weighted by Gasteiger charge is -2.33. The third-order valence-electron chi connectivity index (χ3n) is 3.20. The van der Waals surface area contributed by atoms with Crippen LogP contribution in [0, 0.1) is 0 Å². The van der Waals surface area contributed by atoms with Crippen LogP contribution in [-0.4, -0.2) is 23.2 Å². The van der Waals surface area contributed by atoms with Gasteiger partial charge in [-0.05, 0) is 12.0 Å². The van der Waals surface area contributed by atoms with Crippen molar-refractivity contribution >= 4 is 0 Å². The standard InChI is InChI=1S/C13H17F2NO/c14-13(15)7-6-12(17)11(8-13)16-9-10-4-2-1-3-5-10/h1-5,11-12,16-17H,6-9H2/t11-,12-/m1/s1. The molecule has 0 radical (unpaired) electrons. The van der Waals surface area contributed by atoms with Crippen LogP contribution in [0.5, 0.6) is 0 Å². The van der Waals surface area contributed by atoms with Gasteiger partial charge in [-0.2, -0.15) is 0 Å². The van der Waals surface area contributed by atoms with Gasteiger partial charge in [0.05, 0.1) is 6.10 Å². The highest BCUT2D eigenvalue weighted by Crippen LogP contribution is 2.33. The Morgan fingerprint density at radius 2 is 2.00 bits per heavy atom. The smallest absolute Gasteiger partial charge is 0.249 e. The molecule has 1 aromatic rings. The third kappa shape index (κ3) is 3.48. The Bertz CT molecular complexity index is 356. The number of aliphatic hydroxyl groups is 1. The van der Waals surface area contributed by atoms with Gasteiger partial charge in [-0.3, -0.25) is 0 Å². The van der Waals surface area contributed by atoms with Gasteiger partial charge in [-0.25, -0.2) is 8.78 Å². The normalized spacial score (nSPS) is 27.9. The molecule has 0 saturated heterocycles. The van der Waals surface area contributed by atoms with Gasteiger partial charge in [-0.15, -0.1) is 0 Å². The molecule has 0 amide bonds. The van der Waals surface area contributed by atoms with Crippen molar-refractivity contribution in [2.24, 2.45) is 0 Å². The molecule has 17 heavy (non-hydrogen) atoms. The van der Waals surface area contributed by atoms with Crippen molar-refractivity contribution in [1.29, 1.82) is 0 Å².